The summed E-state index contributed by atoms with van der Waals surface area (Å²) in [6, 6.07) is 0. The van der Waals surface area contributed by atoms with E-state index in [1.807, 2.05) is 18.4 Å². The second-order valence-corrected chi connectivity index (χ2v) is 5.44. The number of nitrogen functional groups attached to an aromatic ring is 1. The van der Waals surface area contributed by atoms with Crippen LogP contribution in [0, 0.1) is 5.92 Å². The van der Waals surface area contributed by atoms with Gasteiger partial charge in [-0.3, -0.25) is 4.57 Å². The molecule has 3 heterocycles. The summed E-state index contributed by atoms with van der Waals surface area (Å²) in [7, 11) is 0. The molecule has 20 heavy (non-hydrogen) atoms. The molecule has 0 amide bonds. The highest BCUT2D eigenvalue weighted by molar-refractivity contribution is 5.81. The number of halogens is 1. The van der Waals surface area contributed by atoms with Gasteiger partial charge in [-0.05, 0) is 12.8 Å². The second kappa shape index (κ2) is 4.66. The first-order chi connectivity index (χ1) is 9.60. The predicted molar refractivity (Wildman–Crippen MR) is 72.6 cm³/mol. The van der Waals surface area contributed by atoms with E-state index in [1.165, 1.54) is 6.33 Å². The first kappa shape index (κ1) is 13.2. The smallest absolute Gasteiger partial charge is 0.167 e. The van der Waals surface area contributed by atoms with Crippen molar-refractivity contribution in [1.82, 2.24) is 19.5 Å². The maximum Gasteiger partial charge on any atom is 0.167 e. The van der Waals surface area contributed by atoms with E-state index in [2.05, 4.69) is 15.0 Å². The third-order valence-electron chi connectivity index (χ3n) is 4.10. The molecule has 0 aliphatic carbocycles. The van der Waals surface area contributed by atoms with Crippen LogP contribution in [0.5, 0.6) is 0 Å². The van der Waals surface area contributed by atoms with Gasteiger partial charge in [-0.15, -0.1) is 0 Å². The minimum atomic E-state index is -0.695. The molecule has 0 bridgehead atoms. The number of anilines is 1. The average molecular weight is 279 g/mol. The molecule has 2 aromatic rings. The maximum absolute atomic E-state index is 13.3. The molecule has 3 rings (SSSR count). The van der Waals surface area contributed by atoms with Crippen molar-refractivity contribution in [1.29, 1.82) is 0 Å². The van der Waals surface area contributed by atoms with Gasteiger partial charge in [-0.25, -0.2) is 19.3 Å². The van der Waals surface area contributed by atoms with Crippen LogP contribution in [0.25, 0.3) is 11.2 Å². The molecular formula is C13H18FN5O. The number of hydrogen-bond acceptors (Lipinski definition) is 5. The van der Waals surface area contributed by atoms with Gasteiger partial charge in [0.05, 0.1) is 11.9 Å². The van der Waals surface area contributed by atoms with Crippen molar-refractivity contribution in [2.45, 2.75) is 38.5 Å². The summed E-state index contributed by atoms with van der Waals surface area (Å²) in [6.45, 7) is 3.52. The molecule has 1 saturated heterocycles. The summed E-state index contributed by atoms with van der Waals surface area (Å²) in [6.07, 6.45) is 4.10. The first-order valence-corrected chi connectivity index (χ1v) is 6.77. The summed E-state index contributed by atoms with van der Waals surface area (Å²) < 4.78 is 21.1. The van der Waals surface area contributed by atoms with Crippen LogP contribution < -0.4 is 5.73 Å². The summed E-state index contributed by atoms with van der Waals surface area (Å²) in [4.78, 5) is 12.4. The number of rotatable bonds is 3. The minimum absolute atomic E-state index is 0.180. The Hall–Kier alpha value is -1.76. The third-order valence-corrected chi connectivity index (χ3v) is 4.10. The number of aromatic nitrogens is 4. The fourth-order valence-electron chi connectivity index (χ4n) is 2.90. The fourth-order valence-corrected chi connectivity index (χ4v) is 2.90. The van der Waals surface area contributed by atoms with E-state index in [-0.39, 0.29) is 12.1 Å². The molecule has 0 aromatic carbocycles. The maximum atomic E-state index is 13.3. The largest absolute Gasteiger partial charge is 0.382 e. The molecule has 7 heteroatoms. The van der Waals surface area contributed by atoms with Gasteiger partial charge in [-0.1, -0.05) is 13.8 Å². The van der Waals surface area contributed by atoms with Crippen molar-refractivity contribution >= 4 is 17.0 Å². The number of imidazole rings is 1. The molecule has 0 saturated carbocycles. The second-order valence-electron chi connectivity index (χ2n) is 5.44. The van der Waals surface area contributed by atoms with Gasteiger partial charge in [0, 0.05) is 5.92 Å². The Labute approximate surface area is 116 Å². The lowest BCUT2D eigenvalue weighted by molar-refractivity contribution is -0.0886. The summed E-state index contributed by atoms with van der Waals surface area (Å²) >= 11 is 0. The van der Waals surface area contributed by atoms with Crippen LogP contribution in [0.1, 0.15) is 32.9 Å². The van der Waals surface area contributed by atoms with Gasteiger partial charge in [0.1, 0.15) is 24.7 Å². The lowest BCUT2D eigenvalue weighted by Gasteiger charge is -2.24. The Bertz CT molecular complexity index is 624. The van der Waals surface area contributed by atoms with Crippen molar-refractivity contribution in [2.75, 3.05) is 12.4 Å². The van der Waals surface area contributed by atoms with Gasteiger partial charge in [-0.2, -0.15) is 0 Å². The van der Waals surface area contributed by atoms with Crippen LogP contribution in [0.15, 0.2) is 12.7 Å². The summed E-state index contributed by atoms with van der Waals surface area (Å²) in [5.74, 6) is 0.519. The number of nitrogens with zero attached hydrogens (tertiary/aromatic N) is 4. The third kappa shape index (κ3) is 1.84. The van der Waals surface area contributed by atoms with Gasteiger partial charge in [0.15, 0.2) is 11.5 Å². The average Bonchev–Trinajstić information content (AvgIpc) is 3.01. The zero-order chi connectivity index (χ0) is 14.3. The zero-order valence-corrected chi connectivity index (χ0v) is 11.6. The predicted octanol–water partition coefficient (Wildman–Crippen LogP) is 2.08. The lowest BCUT2D eigenvalue weighted by Crippen LogP contribution is -2.30. The molecule has 0 spiro atoms. The quantitative estimate of drug-likeness (QED) is 0.930. The van der Waals surface area contributed by atoms with E-state index in [1.54, 1.807) is 6.33 Å². The van der Waals surface area contributed by atoms with Crippen molar-refractivity contribution < 1.29 is 9.13 Å². The molecule has 1 aliphatic rings. The first-order valence-electron chi connectivity index (χ1n) is 6.77. The standard InChI is InChI=1S/C13H18FN5O/c1-3-13(5-14)4-8(2)12(20-13)19-7-18-9-10(15)16-6-17-11(9)19/h6-8,12H,3-5H2,1-2H3,(H2,15,16,17)/t8-,12+,13+/m0/s1. The Morgan fingerprint density at radius 3 is 2.95 bits per heavy atom. The molecule has 3 atom stereocenters. The van der Waals surface area contributed by atoms with Crippen molar-refractivity contribution in [3.63, 3.8) is 0 Å². The Morgan fingerprint density at radius 1 is 1.50 bits per heavy atom. The lowest BCUT2D eigenvalue weighted by atomic mass is 9.93. The molecule has 108 valence electrons. The van der Waals surface area contributed by atoms with E-state index in [4.69, 9.17) is 10.5 Å². The van der Waals surface area contributed by atoms with Crippen molar-refractivity contribution in [3.05, 3.63) is 12.7 Å². The fraction of sp³-hybridized carbons (Fsp3) is 0.615. The molecule has 0 unspecified atom stereocenters. The number of fused-ring (bicyclic) bond motifs is 1. The number of ether oxygens (including phenoxy) is 1. The topological polar surface area (TPSA) is 78.9 Å². The molecule has 2 N–H and O–H groups in total. The van der Waals surface area contributed by atoms with E-state index in [0.717, 1.165) is 0 Å². The van der Waals surface area contributed by atoms with Crippen LogP contribution in [-0.4, -0.2) is 31.8 Å². The Morgan fingerprint density at radius 2 is 2.30 bits per heavy atom. The highest BCUT2D eigenvalue weighted by Gasteiger charge is 2.44. The molecular weight excluding hydrogens is 261 g/mol. The van der Waals surface area contributed by atoms with E-state index < -0.39 is 12.3 Å². The van der Waals surface area contributed by atoms with Gasteiger partial charge in [0.2, 0.25) is 0 Å². The summed E-state index contributed by atoms with van der Waals surface area (Å²) in [5.41, 5.74) is 6.26. The van der Waals surface area contributed by atoms with Gasteiger partial charge in [0.25, 0.3) is 0 Å². The highest BCUT2D eigenvalue weighted by atomic mass is 19.1. The van der Waals surface area contributed by atoms with E-state index in [0.29, 0.717) is 29.8 Å². The van der Waals surface area contributed by atoms with Crippen LogP contribution in [0.3, 0.4) is 0 Å². The SMILES string of the molecule is CC[C@]1(CF)C[C@H](C)[C@H](n2cnc3c(N)ncnc32)O1. The minimum Gasteiger partial charge on any atom is -0.382 e. The molecule has 1 fully saturated rings. The molecule has 0 radical (unpaired) electrons. The van der Waals surface area contributed by atoms with Crippen LogP contribution >= 0.6 is 0 Å². The Kier molecular flexibility index (Phi) is 3.08. The van der Waals surface area contributed by atoms with Crippen LogP contribution in [0.4, 0.5) is 10.2 Å². The number of alkyl halides is 1. The van der Waals surface area contributed by atoms with E-state index >= 15 is 0 Å². The Balaban J connectivity index is 2.02. The van der Waals surface area contributed by atoms with Gasteiger partial charge >= 0.3 is 0 Å². The van der Waals surface area contributed by atoms with Crippen molar-refractivity contribution in [3.8, 4) is 0 Å². The zero-order valence-electron chi connectivity index (χ0n) is 11.6. The monoisotopic (exact) mass is 279 g/mol. The molecule has 2 aromatic heterocycles. The highest BCUT2D eigenvalue weighted by Crippen LogP contribution is 2.43. The summed E-state index contributed by atoms with van der Waals surface area (Å²) in [5, 5.41) is 0. The molecule has 1 aliphatic heterocycles. The van der Waals surface area contributed by atoms with E-state index in [9.17, 15) is 4.39 Å². The number of hydrogen-bond donors (Lipinski definition) is 1. The van der Waals surface area contributed by atoms with Gasteiger partial charge < -0.3 is 10.5 Å². The van der Waals surface area contributed by atoms with Crippen molar-refractivity contribution in [2.24, 2.45) is 5.92 Å². The van der Waals surface area contributed by atoms with Crippen LogP contribution in [-0.2, 0) is 4.74 Å². The number of nitrogens with two attached hydrogens (primary N) is 1. The normalized spacial score (nSPS) is 30.1. The van der Waals surface area contributed by atoms with Crippen LogP contribution in [0.2, 0.25) is 0 Å². The molecule has 6 nitrogen and oxygen atoms in total.